The van der Waals surface area contributed by atoms with E-state index < -0.39 is 5.97 Å². The van der Waals surface area contributed by atoms with Crippen LogP contribution in [0, 0.1) is 0 Å². The summed E-state index contributed by atoms with van der Waals surface area (Å²) in [6.45, 7) is 3.55. The Hall–Kier alpha value is -2.14. The number of benzene rings is 1. The van der Waals surface area contributed by atoms with Gasteiger partial charge < -0.3 is 10.4 Å². The Morgan fingerprint density at radius 3 is 2.81 bits per heavy atom. The van der Waals surface area contributed by atoms with Crippen LogP contribution in [0.3, 0.4) is 0 Å². The van der Waals surface area contributed by atoms with E-state index in [1.165, 1.54) is 0 Å². The Labute approximate surface area is 124 Å². The second-order valence-electron chi connectivity index (χ2n) is 4.99. The van der Waals surface area contributed by atoms with Crippen LogP contribution in [-0.4, -0.2) is 27.4 Å². The SMILES string of the molecule is CCc1cc(CNCCc2ccccc2C(=O)O)n(C)n1. The Balaban J connectivity index is 1.87. The van der Waals surface area contributed by atoms with Gasteiger partial charge in [0, 0.05) is 13.6 Å². The number of carboxylic acids is 1. The number of carbonyl (C=O) groups is 1. The maximum atomic E-state index is 11.1. The molecule has 112 valence electrons. The van der Waals surface area contributed by atoms with E-state index in [2.05, 4.69) is 23.4 Å². The van der Waals surface area contributed by atoms with Crippen LogP contribution >= 0.6 is 0 Å². The summed E-state index contributed by atoms with van der Waals surface area (Å²) < 4.78 is 1.89. The van der Waals surface area contributed by atoms with Crippen LogP contribution in [0.4, 0.5) is 0 Å². The third kappa shape index (κ3) is 3.92. The lowest BCUT2D eigenvalue weighted by atomic mass is 10.0. The van der Waals surface area contributed by atoms with Crippen LogP contribution in [0.1, 0.15) is 34.2 Å². The van der Waals surface area contributed by atoms with Gasteiger partial charge in [0.2, 0.25) is 0 Å². The molecule has 0 unspecified atom stereocenters. The molecule has 5 nitrogen and oxygen atoms in total. The largest absolute Gasteiger partial charge is 0.478 e. The maximum absolute atomic E-state index is 11.1. The van der Waals surface area contributed by atoms with E-state index in [0.29, 0.717) is 12.0 Å². The highest BCUT2D eigenvalue weighted by Gasteiger charge is 2.08. The first-order valence-electron chi connectivity index (χ1n) is 7.15. The van der Waals surface area contributed by atoms with Gasteiger partial charge in [0.05, 0.1) is 17.0 Å². The van der Waals surface area contributed by atoms with Gasteiger partial charge in [0.15, 0.2) is 0 Å². The van der Waals surface area contributed by atoms with Crippen molar-refractivity contribution in [3.63, 3.8) is 0 Å². The third-order valence-corrected chi connectivity index (χ3v) is 3.51. The molecule has 0 aliphatic heterocycles. The van der Waals surface area contributed by atoms with Gasteiger partial charge in [-0.2, -0.15) is 5.10 Å². The van der Waals surface area contributed by atoms with Crippen molar-refractivity contribution in [2.24, 2.45) is 7.05 Å². The number of rotatable bonds is 7. The quantitative estimate of drug-likeness (QED) is 0.765. The number of nitrogens with zero attached hydrogens (tertiary/aromatic N) is 2. The summed E-state index contributed by atoms with van der Waals surface area (Å²) in [6.07, 6.45) is 1.63. The zero-order valence-corrected chi connectivity index (χ0v) is 12.5. The van der Waals surface area contributed by atoms with Crippen molar-refractivity contribution in [2.75, 3.05) is 6.54 Å². The predicted molar refractivity (Wildman–Crippen MR) is 81.4 cm³/mol. The number of hydrogen-bond acceptors (Lipinski definition) is 3. The molecule has 0 radical (unpaired) electrons. The van der Waals surface area contributed by atoms with E-state index in [9.17, 15) is 4.79 Å². The molecule has 2 N–H and O–H groups in total. The lowest BCUT2D eigenvalue weighted by Gasteiger charge is -2.07. The summed E-state index contributed by atoms with van der Waals surface area (Å²) in [6, 6.07) is 9.23. The van der Waals surface area contributed by atoms with Crippen molar-refractivity contribution in [1.29, 1.82) is 0 Å². The van der Waals surface area contributed by atoms with Crippen LogP contribution in [0.2, 0.25) is 0 Å². The average Bonchev–Trinajstić information content (AvgIpc) is 2.84. The summed E-state index contributed by atoms with van der Waals surface area (Å²) in [5, 5.41) is 16.9. The fourth-order valence-corrected chi connectivity index (χ4v) is 2.30. The highest BCUT2D eigenvalue weighted by Crippen LogP contribution is 2.09. The van der Waals surface area contributed by atoms with Crippen LogP contribution in [0.25, 0.3) is 0 Å². The Kier molecular flexibility index (Phi) is 5.11. The van der Waals surface area contributed by atoms with Crippen molar-refractivity contribution >= 4 is 5.97 Å². The minimum Gasteiger partial charge on any atom is -0.478 e. The normalized spacial score (nSPS) is 10.8. The van der Waals surface area contributed by atoms with E-state index >= 15 is 0 Å². The van der Waals surface area contributed by atoms with Gasteiger partial charge in [-0.3, -0.25) is 4.68 Å². The molecule has 2 rings (SSSR count). The molecule has 1 heterocycles. The van der Waals surface area contributed by atoms with Gasteiger partial charge in [-0.1, -0.05) is 25.1 Å². The van der Waals surface area contributed by atoms with Crippen molar-refractivity contribution in [2.45, 2.75) is 26.3 Å². The highest BCUT2D eigenvalue weighted by atomic mass is 16.4. The van der Waals surface area contributed by atoms with Gasteiger partial charge in [-0.25, -0.2) is 4.79 Å². The zero-order valence-electron chi connectivity index (χ0n) is 12.5. The molecular weight excluding hydrogens is 266 g/mol. The number of aryl methyl sites for hydroxylation is 2. The summed E-state index contributed by atoms with van der Waals surface area (Å²) in [4.78, 5) is 11.1. The fraction of sp³-hybridized carbons (Fsp3) is 0.375. The molecule has 0 spiro atoms. The van der Waals surface area contributed by atoms with E-state index in [-0.39, 0.29) is 0 Å². The topological polar surface area (TPSA) is 67.2 Å². The number of hydrogen-bond donors (Lipinski definition) is 2. The number of carboxylic acid groups (broad SMARTS) is 1. The molecule has 0 aliphatic rings. The highest BCUT2D eigenvalue weighted by molar-refractivity contribution is 5.89. The molecule has 21 heavy (non-hydrogen) atoms. The van der Waals surface area contributed by atoms with Crippen LogP contribution in [0.5, 0.6) is 0 Å². The second-order valence-corrected chi connectivity index (χ2v) is 4.99. The summed E-state index contributed by atoms with van der Waals surface area (Å²) in [5.41, 5.74) is 3.47. The number of aromatic carboxylic acids is 1. The Morgan fingerprint density at radius 1 is 1.38 bits per heavy atom. The molecular formula is C16H21N3O2. The summed E-state index contributed by atoms with van der Waals surface area (Å²) >= 11 is 0. The molecule has 0 saturated carbocycles. The van der Waals surface area contributed by atoms with Crippen molar-refractivity contribution in [3.8, 4) is 0 Å². The first-order valence-corrected chi connectivity index (χ1v) is 7.15. The van der Waals surface area contributed by atoms with Gasteiger partial charge in [-0.15, -0.1) is 0 Å². The lowest BCUT2D eigenvalue weighted by Crippen LogP contribution is -2.19. The molecule has 0 bridgehead atoms. The Morgan fingerprint density at radius 2 is 2.14 bits per heavy atom. The third-order valence-electron chi connectivity index (χ3n) is 3.51. The van der Waals surface area contributed by atoms with Crippen molar-refractivity contribution in [3.05, 3.63) is 52.8 Å². The standard InChI is InChI=1S/C16H21N3O2/c1-3-13-10-14(19(2)18-13)11-17-9-8-12-6-4-5-7-15(12)16(20)21/h4-7,10,17H,3,8-9,11H2,1-2H3,(H,20,21). The molecule has 0 saturated heterocycles. The smallest absolute Gasteiger partial charge is 0.335 e. The van der Waals surface area contributed by atoms with E-state index in [0.717, 1.165) is 36.5 Å². The molecule has 1 aromatic carbocycles. The first kappa shape index (κ1) is 15.3. The minimum absolute atomic E-state index is 0.383. The average molecular weight is 287 g/mol. The molecule has 0 aliphatic carbocycles. The van der Waals surface area contributed by atoms with Gasteiger partial charge in [0.25, 0.3) is 0 Å². The molecule has 1 aromatic heterocycles. The monoisotopic (exact) mass is 287 g/mol. The van der Waals surface area contributed by atoms with Gasteiger partial charge in [0.1, 0.15) is 0 Å². The number of aromatic nitrogens is 2. The number of nitrogens with one attached hydrogen (secondary N) is 1. The Bertz CT molecular complexity index is 620. The van der Waals surface area contributed by atoms with Gasteiger partial charge in [-0.05, 0) is 37.1 Å². The maximum Gasteiger partial charge on any atom is 0.335 e. The predicted octanol–water partition coefficient (Wildman–Crippen LogP) is 2.01. The van der Waals surface area contributed by atoms with Crippen LogP contribution in [-0.2, 0) is 26.4 Å². The molecule has 0 atom stereocenters. The second kappa shape index (κ2) is 7.04. The van der Waals surface area contributed by atoms with E-state index in [4.69, 9.17) is 5.11 Å². The molecule has 0 amide bonds. The summed E-state index contributed by atoms with van der Waals surface area (Å²) in [7, 11) is 1.94. The van der Waals surface area contributed by atoms with Gasteiger partial charge >= 0.3 is 5.97 Å². The van der Waals surface area contributed by atoms with Crippen molar-refractivity contribution < 1.29 is 9.90 Å². The van der Waals surface area contributed by atoms with E-state index in [1.807, 2.05) is 23.9 Å². The fourth-order valence-electron chi connectivity index (χ4n) is 2.30. The lowest BCUT2D eigenvalue weighted by molar-refractivity contribution is 0.0695. The first-order chi connectivity index (χ1) is 10.1. The van der Waals surface area contributed by atoms with Crippen LogP contribution < -0.4 is 5.32 Å². The van der Waals surface area contributed by atoms with Crippen LogP contribution in [0.15, 0.2) is 30.3 Å². The molecule has 2 aromatic rings. The van der Waals surface area contributed by atoms with Crippen molar-refractivity contribution in [1.82, 2.24) is 15.1 Å². The minimum atomic E-state index is -0.871. The summed E-state index contributed by atoms with van der Waals surface area (Å²) in [5.74, 6) is -0.871. The molecule has 5 heteroatoms. The molecule has 0 fully saturated rings. The zero-order chi connectivity index (χ0) is 15.2. The van der Waals surface area contributed by atoms with E-state index in [1.54, 1.807) is 12.1 Å².